The Bertz CT molecular complexity index is 736. The third-order valence-corrected chi connectivity index (χ3v) is 5.51. The lowest BCUT2D eigenvalue weighted by Crippen LogP contribution is -2.37. The fraction of sp³-hybridized carbons (Fsp3) is 0.333. The maximum atomic E-state index is 12.6. The number of amides is 1. The van der Waals surface area contributed by atoms with E-state index in [1.807, 2.05) is 31.2 Å². The SMILES string of the molecule is CC[S@@](=O)c1ccccc1C(=O)N[C@@H]1CCN(c2ccccn2)C1. The molecular formula is C18H21N3O2S. The highest BCUT2D eigenvalue weighted by Gasteiger charge is 2.26. The molecule has 1 amide bonds. The summed E-state index contributed by atoms with van der Waals surface area (Å²) in [4.78, 5) is 19.7. The lowest BCUT2D eigenvalue weighted by Gasteiger charge is -2.18. The Hall–Kier alpha value is -2.21. The largest absolute Gasteiger partial charge is 0.354 e. The maximum Gasteiger partial charge on any atom is 0.252 e. The summed E-state index contributed by atoms with van der Waals surface area (Å²) < 4.78 is 12.1. The number of nitrogens with one attached hydrogen (secondary N) is 1. The van der Waals surface area contributed by atoms with Crippen LogP contribution in [0.3, 0.4) is 0 Å². The molecule has 1 aliphatic heterocycles. The Morgan fingerprint density at radius 1 is 1.29 bits per heavy atom. The predicted molar refractivity (Wildman–Crippen MR) is 95.7 cm³/mol. The Labute approximate surface area is 144 Å². The summed E-state index contributed by atoms with van der Waals surface area (Å²) in [6, 6.07) is 13.0. The van der Waals surface area contributed by atoms with Crippen molar-refractivity contribution in [3.8, 4) is 0 Å². The second-order valence-electron chi connectivity index (χ2n) is 5.72. The summed E-state index contributed by atoms with van der Waals surface area (Å²) in [5.74, 6) is 1.28. The lowest BCUT2D eigenvalue weighted by atomic mass is 10.2. The van der Waals surface area contributed by atoms with Crippen molar-refractivity contribution >= 4 is 22.5 Å². The van der Waals surface area contributed by atoms with Gasteiger partial charge in [-0.25, -0.2) is 4.98 Å². The van der Waals surface area contributed by atoms with Gasteiger partial charge in [0.25, 0.3) is 5.91 Å². The number of hydrogen-bond acceptors (Lipinski definition) is 4. The van der Waals surface area contributed by atoms with Crippen LogP contribution in [0.5, 0.6) is 0 Å². The summed E-state index contributed by atoms with van der Waals surface area (Å²) >= 11 is 0. The van der Waals surface area contributed by atoms with E-state index < -0.39 is 10.8 Å². The van der Waals surface area contributed by atoms with Gasteiger partial charge in [0.2, 0.25) is 0 Å². The van der Waals surface area contributed by atoms with Crippen LogP contribution >= 0.6 is 0 Å². The van der Waals surface area contributed by atoms with Crippen molar-refractivity contribution in [3.05, 3.63) is 54.2 Å². The second kappa shape index (κ2) is 7.57. The first-order valence-electron chi connectivity index (χ1n) is 8.13. The molecule has 1 aromatic heterocycles. The minimum absolute atomic E-state index is 0.0719. The van der Waals surface area contributed by atoms with Crippen LogP contribution in [0.2, 0.25) is 0 Å². The molecule has 5 nitrogen and oxygen atoms in total. The number of nitrogens with zero attached hydrogens (tertiary/aromatic N) is 2. The highest BCUT2D eigenvalue weighted by Crippen LogP contribution is 2.19. The van der Waals surface area contributed by atoms with Gasteiger partial charge in [-0.1, -0.05) is 25.1 Å². The molecule has 0 aliphatic carbocycles. The number of pyridine rings is 1. The zero-order chi connectivity index (χ0) is 16.9. The fourth-order valence-corrected chi connectivity index (χ4v) is 3.85. The number of carbonyl (C=O) groups excluding carboxylic acids is 1. The van der Waals surface area contributed by atoms with Crippen molar-refractivity contribution in [1.29, 1.82) is 0 Å². The topological polar surface area (TPSA) is 62.3 Å². The van der Waals surface area contributed by atoms with Gasteiger partial charge in [-0.2, -0.15) is 0 Å². The Morgan fingerprint density at radius 2 is 2.08 bits per heavy atom. The predicted octanol–water partition coefficient (Wildman–Crippen LogP) is 2.22. The summed E-state index contributed by atoms with van der Waals surface area (Å²) in [6.45, 7) is 3.46. The molecule has 1 fully saturated rings. The molecule has 0 saturated carbocycles. The van der Waals surface area contributed by atoms with Crippen molar-refractivity contribution < 1.29 is 9.00 Å². The highest BCUT2D eigenvalue weighted by atomic mass is 32.2. The van der Waals surface area contributed by atoms with Crippen molar-refractivity contribution in [3.63, 3.8) is 0 Å². The molecule has 1 N–H and O–H groups in total. The summed E-state index contributed by atoms with van der Waals surface area (Å²) in [7, 11) is -1.14. The van der Waals surface area contributed by atoms with Gasteiger partial charge in [0.1, 0.15) is 5.82 Å². The molecule has 0 bridgehead atoms. The molecule has 1 saturated heterocycles. The minimum Gasteiger partial charge on any atom is -0.354 e. The average Bonchev–Trinajstić information content (AvgIpc) is 3.10. The van der Waals surface area contributed by atoms with Crippen LogP contribution in [0.1, 0.15) is 23.7 Å². The smallest absolute Gasteiger partial charge is 0.252 e. The molecule has 2 heterocycles. The van der Waals surface area contributed by atoms with Crippen LogP contribution in [-0.2, 0) is 10.8 Å². The van der Waals surface area contributed by atoms with Gasteiger partial charge in [-0.3, -0.25) is 9.00 Å². The summed E-state index contributed by atoms with van der Waals surface area (Å²) in [6.07, 6.45) is 2.65. The van der Waals surface area contributed by atoms with E-state index in [-0.39, 0.29) is 11.9 Å². The van der Waals surface area contributed by atoms with E-state index in [0.717, 1.165) is 25.3 Å². The van der Waals surface area contributed by atoms with Gasteiger partial charge < -0.3 is 10.2 Å². The molecule has 1 aromatic carbocycles. The number of carbonyl (C=O) groups is 1. The van der Waals surface area contributed by atoms with Gasteiger partial charge in [0.05, 0.1) is 21.3 Å². The number of anilines is 1. The molecule has 2 aromatic rings. The fourth-order valence-electron chi connectivity index (χ4n) is 2.90. The van der Waals surface area contributed by atoms with Crippen LogP contribution in [0.4, 0.5) is 5.82 Å². The van der Waals surface area contributed by atoms with Gasteiger partial charge in [0.15, 0.2) is 0 Å². The summed E-state index contributed by atoms with van der Waals surface area (Å²) in [5.41, 5.74) is 0.508. The Kier molecular flexibility index (Phi) is 5.25. The van der Waals surface area contributed by atoms with E-state index in [0.29, 0.717) is 16.2 Å². The number of aromatic nitrogens is 1. The van der Waals surface area contributed by atoms with E-state index in [1.165, 1.54) is 0 Å². The third-order valence-electron chi connectivity index (χ3n) is 4.14. The molecule has 2 atom stereocenters. The van der Waals surface area contributed by atoms with Gasteiger partial charge in [-0.15, -0.1) is 0 Å². The average molecular weight is 343 g/mol. The Balaban J connectivity index is 1.67. The van der Waals surface area contributed by atoms with Crippen molar-refractivity contribution in [2.75, 3.05) is 23.7 Å². The molecule has 1 aliphatic rings. The molecule has 6 heteroatoms. The van der Waals surface area contributed by atoms with E-state index in [9.17, 15) is 9.00 Å². The second-order valence-corrected chi connectivity index (χ2v) is 7.43. The first kappa shape index (κ1) is 16.6. The van der Waals surface area contributed by atoms with Gasteiger partial charge >= 0.3 is 0 Å². The molecule has 126 valence electrons. The zero-order valence-corrected chi connectivity index (χ0v) is 14.5. The van der Waals surface area contributed by atoms with E-state index in [4.69, 9.17) is 0 Å². The molecular weight excluding hydrogens is 322 g/mol. The van der Waals surface area contributed by atoms with Crippen molar-refractivity contribution in [1.82, 2.24) is 10.3 Å². The van der Waals surface area contributed by atoms with Crippen LogP contribution in [-0.4, -0.2) is 40.0 Å². The van der Waals surface area contributed by atoms with Crippen LogP contribution in [0.15, 0.2) is 53.6 Å². The monoisotopic (exact) mass is 343 g/mol. The number of hydrogen-bond donors (Lipinski definition) is 1. The number of rotatable bonds is 5. The van der Waals surface area contributed by atoms with E-state index in [1.54, 1.807) is 24.4 Å². The van der Waals surface area contributed by atoms with E-state index >= 15 is 0 Å². The lowest BCUT2D eigenvalue weighted by molar-refractivity contribution is 0.0937. The van der Waals surface area contributed by atoms with Gasteiger partial charge in [-0.05, 0) is 30.7 Å². The Morgan fingerprint density at radius 3 is 2.83 bits per heavy atom. The number of benzene rings is 1. The maximum absolute atomic E-state index is 12.6. The summed E-state index contributed by atoms with van der Waals surface area (Å²) in [5, 5.41) is 3.07. The normalized spacial score (nSPS) is 18.4. The highest BCUT2D eigenvalue weighted by molar-refractivity contribution is 7.85. The minimum atomic E-state index is -1.14. The molecule has 3 rings (SSSR count). The standard InChI is InChI=1S/C18H21N3O2S/c1-2-24(23)16-8-4-3-7-15(16)18(22)20-14-10-12-21(13-14)17-9-5-6-11-19-17/h3-9,11,14H,2,10,12-13H2,1H3,(H,20,22)/t14-,24-/m1/s1. The first-order valence-corrected chi connectivity index (χ1v) is 9.45. The zero-order valence-electron chi connectivity index (χ0n) is 13.6. The quantitative estimate of drug-likeness (QED) is 0.904. The molecule has 0 spiro atoms. The van der Waals surface area contributed by atoms with E-state index in [2.05, 4.69) is 15.2 Å². The van der Waals surface area contributed by atoms with Crippen LogP contribution in [0.25, 0.3) is 0 Å². The molecule has 24 heavy (non-hydrogen) atoms. The third kappa shape index (κ3) is 3.64. The molecule has 0 unspecified atom stereocenters. The van der Waals surface area contributed by atoms with Crippen LogP contribution < -0.4 is 10.2 Å². The van der Waals surface area contributed by atoms with Crippen molar-refractivity contribution in [2.24, 2.45) is 0 Å². The van der Waals surface area contributed by atoms with Crippen LogP contribution in [0, 0.1) is 0 Å². The van der Waals surface area contributed by atoms with Crippen molar-refractivity contribution in [2.45, 2.75) is 24.3 Å². The first-order chi connectivity index (χ1) is 11.7. The molecule has 0 radical (unpaired) electrons. The van der Waals surface area contributed by atoms with Gasteiger partial charge in [0, 0.05) is 31.1 Å².